The van der Waals surface area contributed by atoms with E-state index in [4.69, 9.17) is 16.3 Å². The normalized spacial score (nSPS) is 21.3. The average Bonchev–Trinajstić information content (AvgIpc) is 3.76. The smallest absolute Gasteiger partial charge is 0.291 e. The molecule has 2 N–H and O–H groups in total. The second-order valence-electron chi connectivity index (χ2n) is 14.0. The zero-order valence-corrected chi connectivity index (χ0v) is 30.5. The molecule has 0 radical (unpaired) electrons. The van der Waals surface area contributed by atoms with E-state index in [0.717, 1.165) is 0 Å². The third kappa shape index (κ3) is 7.22. The van der Waals surface area contributed by atoms with Crippen LogP contribution in [0.15, 0.2) is 41.6 Å². The molecule has 3 aliphatic heterocycles. The van der Waals surface area contributed by atoms with Crippen LogP contribution in [0.5, 0.6) is 0 Å². The number of aliphatic hydroxyl groups excluding tert-OH is 1. The predicted molar refractivity (Wildman–Crippen MR) is 191 cm³/mol. The zero-order chi connectivity index (χ0) is 37.5. The summed E-state index contributed by atoms with van der Waals surface area (Å²) in [5, 5.41) is 17.3. The molecule has 0 spiro atoms. The van der Waals surface area contributed by atoms with Crippen LogP contribution in [0.25, 0.3) is 11.3 Å². The van der Waals surface area contributed by atoms with E-state index in [2.05, 4.69) is 15.4 Å². The molecule has 3 aliphatic rings. The molecule has 2 aromatic carbocycles. The van der Waals surface area contributed by atoms with Crippen LogP contribution in [0.1, 0.15) is 45.8 Å². The average molecular weight is 741 g/mol. The number of aliphatic hydroxyl groups is 1. The number of methoxy groups -OCH3 is 1. The molecule has 0 saturated carbocycles. The number of hydrogen-bond acceptors (Lipinski definition) is 7. The maximum atomic E-state index is 15.5. The Labute approximate surface area is 305 Å². The fourth-order valence-electron chi connectivity index (χ4n) is 7.22. The first-order chi connectivity index (χ1) is 24.7. The lowest BCUT2D eigenvalue weighted by atomic mass is 9.94. The number of nitrogens with one attached hydrogen (secondary N) is 1. The molecular weight excluding hydrogens is 698 g/mol. The van der Waals surface area contributed by atoms with Gasteiger partial charge in [0, 0.05) is 63.6 Å². The monoisotopic (exact) mass is 740 g/mol. The number of anilines is 1. The number of rotatable bonds is 9. The van der Waals surface area contributed by atoms with Crippen LogP contribution in [0.3, 0.4) is 0 Å². The van der Waals surface area contributed by atoms with Crippen molar-refractivity contribution in [3.8, 4) is 11.3 Å². The number of imidazole rings is 1. The van der Waals surface area contributed by atoms with Gasteiger partial charge in [0.2, 0.25) is 0 Å². The van der Waals surface area contributed by atoms with Gasteiger partial charge in [-0.3, -0.25) is 14.4 Å². The third-order valence-corrected chi connectivity index (χ3v) is 10.5. The van der Waals surface area contributed by atoms with Crippen LogP contribution >= 0.6 is 11.6 Å². The van der Waals surface area contributed by atoms with Gasteiger partial charge in [-0.2, -0.15) is 0 Å². The lowest BCUT2D eigenvalue weighted by Crippen LogP contribution is -2.58. The summed E-state index contributed by atoms with van der Waals surface area (Å²) in [4.78, 5) is 47.4. The number of piperazine rings is 1. The Bertz CT molecular complexity index is 1970. The van der Waals surface area contributed by atoms with Crippen molar-refractivity contribution in [3.05, 3.63) is 70.1 Å². The molecule has 0 bridgehead atoms. The summed E-state index contributed by atoms with van der Waals surface area (Å²) in [6.07, 6.45) is 2.93. The Hall–Kier alpha value is -4.57. The van der Waals surface area contributed by atoms with Crippen LogP contribution in [-0.4, -0.2) is 142 Å². The van der Waals surface area contributed by atoms with E-state index in [0.29, 0.717) is 68.2 Å². The van der Waals surface area contributed by atoms with Crippen LogP contribution in [0.2, 0.25) is 5.02 Å². The van der Waals surface area contributed by atoms with Gasteiger partial charge >= 0.3 is 0 Å². The lowest BCUT2D eigenvalue weighted by molar-refractivity contribution is -0.894. The fraction of sp³-hybridized carbons (Fsp3) is 0.444. The number of benzene rings is 2. The number of ether oxygens (including phenoxy) is 1. The number of aromatic nitrogens is 2. The summed E-state index contributed by atoms with van der Waals surface area (Å²) in [6.45, 7) is 4.59. The fourth-order valence-corrected chi connectivity index (χ4v) is 7.48. The molecule has 6 rings (SSSR count). The summed E-state index contributed by atoms with van der Waals surface area (Å²) >= 11 is 6.53. The molecule has 16 heteroatoms. The van der Waals surface area contributed by atoms with E-state index >= 15 is 8.78 Å². The van der Waals surface area contributed by atoms with Crippen molar-refractivity contribution < 1.29 is 42.2 Å². The van der Waals surface area contributed by atoms with Crippen molar-refractivity contribution in [2.45, 2.75) is 31.4 Å². The van der Waals surface area contributed by atoms with Gasteiger partial charge in [-0.15, -0.1) is 0 Å². The molecule has 52 heavy (non-hydrogen) atoms. The number of likely N-dealkylation sites (N-methyl/N-ethyl adjacent to an activating group) is 1. The second kappa shape index (κ2) is 14.8. The molecule has 2 fully saturated rings. The maximum absolute atomic E-state index is 15.5. The van der Waals surface area contributed by atoms with Crippen LogP contribution in [-0.2, 0) is 16.6 Å². The maximum Gasteiger partial charge on any atom is 0.291 e. The lowest BCUT2D eigenvalue weighted by Gasteiger charge is -2.38. The van der Waals surface area contributed by atoms with Gasteiger partial charge in [-0.05, 0) is 36.3 Å². The molecule has 13 nitrogen and oxygen atoms in total. The van der Waals surface area contributed by atoms with Crippen LogP contribution in [0, 0.1) is 11.6 Å². The van der Waals surface area contributed by atoms with Gasteiger partial charge in [-0.25, -0.2) is 13.8 Å². The topological polar surface area (TPSA) is 132 Å². The molecule has 4 heterocycles. The highest BCUT2D eigenvalue weighted by atomic mass is 35.5. The Morgan fingerprint density at radius 2 is 1.81 bits per heavy atom. The standard InChI is InChI=1S/C36H42ClF2N8O5/c1-21-27(19-46(42-21)14-15-52-5)24-8-9-26(32(39)31(24)38)29-18-40-33(43(29)2)34(49)41-22-6-7-25(28(37)16-22)35(50)44-10-12-45(13-11-44)36(51)30-17-23(48)20-47(30,3)4/h6-9,16,18-19,23,27,30,48H,10-15,17,20H2,1-5H3/q+1/p+1/t23-,27?,30+/m0/s1. The summed E-state index contributed by atoms with van der Waals surface area (Å²) in [6, 6.07) is 7.17. The predicted octanol–water partition coefficient (Wildman–Crippen LogP) is 2.97. The summed E-state index contributed by atoms with van der Waals surface area (Å²) in [7, 11) is 6.98. The highest BCUT2D eigenvalue weighted by molar-refractivity contribution is 6.34. The molecule has 276 valence electrons. The van der Waals surface area contributed by atoms with Crippen molar-refractivity contribution in [3.63, 3.8) is 0 Å². The quantitative estimate of drug-likeness (QED) is 0.256. The van der Waals surface area contributed by atoms with Gasteiger partial charge in [0.05, 0.1) is 42.3 Å². The first-order valence-corrected chi connectivity index (χ1v) is 17.4. The Morgan fingerprint density at radius 3 is 2.46 bits per heavy atom. The molecule has 3 aromatic rings. The number of halogens is 3. The highest BCUT2D eigenvalue weighted by Crippen LogP contribution is 2.32. The van der Waals surface area contributed by atoms with Gasteiger partial charge in [-0.1, -0.05) is 22.4 Å². The van der Waals surface area contributed by atoms with Crippen molar-refractivity contribution in [1.29, 1.82) is 0 Å². The van der Waals surface area contributed by atoms with E-state index in [-0.39, 0.29) is 51.1 Å². The number of hydrazone groups is 1. The van der Waals surface area contributed by atoms with E-state index in [1.54, 1.807) is 40.8 Å². The van der Waals surface area contributed by atoms with Crippen LogP contribution in [0.4, 0.5) is 14.5 Å². The number of nitrogens with zero attached hydrogens (tertiary/aromatic N) is 7. The van der Waals surface area contributed by atoms with E-state index in [1.807, 2.05) is 14.1 Å². The third-order valence-electron chi connectivity index (χ3n) is 10.1. The van der Waals surface area contributed by atoms with E-state index in [1.165, 1.54) is 42.1 Å². The Balaban J connectivity index is 1.09. The molecule has 0 aliphatic carbocycles. The second-order valence-corrected chi connectivity index (χ2v) is 14.4. The van der Waals surface area contributed by atoms with E-state index in [9.17, 15) is 19.5 Å². The molecule has 1 unspecified atom stereocenters. The summed E-state index contributed by atoms with van der Waals surface area (Å²) < 4.78 is 39.5. The first kappa shape index (κ1) is 37.2. The van der Waals surface area contributed by atoms with Gasteiger partial charge in [0.25, 0.3) is 17.7 Å². The Morgan fingerprint density at radius 1 is 1.10 bits per heavy atom. The minimum Gasteiger partial charge on any atom is -0.387 e. The minimum atomic E-state index is -1.07. The summed E-state index contributed by atoms with van der Waals surface area (Å²) in [5.41, 5.74) is 1.45. The number of amides is 3. The number of likely N-dealkylation sites (tertiary alicyclic amines) is 1. The summed E-state index contributed by atoms with van der Waals surface area (Å²) in [5.74, 6) is -3.61. The van der Waals surface area contributed by atoms with Crippen molar-refractivity contribution >= 4 is 46.9 Å². The number of hydrogen-bond donors (Lipinski definition) is 2. The minimum absolute atomic E-state index is 0.0174. The van der Waals surface area contributed by atoms with Gasteiger partial charge in [0.1, 0.15) is 25.2 Å². The van der Waals surface area contributed by atoms with Gasteiger partial charge < -0.3 is 34.0 Å². The van der Waals surface area contributed by atoms with Crippen molar-refractivity contribution in [2.75, 3.05) is 72.4 Å². The number of carbonyl (C=O) groups is 3. The van der Waals surface area contributed by atoms with Crippen molar-refractivity contribution in [2.24, 2.45) is 12.1 Å². The first-order valence-electron chi connectivity index (χ1n) is 17.1. The SMILES string of the molecule is COCC[N+]1=CC(c2ccc(-c3cnc(C(=O)Nc4ccc(C(=O)N5CCN(C(=O)[C@H]6C[C@H](O)C[N+]6(C)C)CC5)c(Cl)c4)n3C)c(F)c2F)C(C)=N1. The number of quaternary nitrogens is 1. The molecule has 3 amide bonds. The molecule has 1 aromatic heterocycles. The van der Waals surface area contributed by atoms with E-state index < -0.39 is 29.6 Å². The molecule has 3 atom stereocenters. The molecule has 2 saturated heterocycles. The zero-order valence-electron chi connectivity index (χ0n) is 29.8. The van der Waals surface area contributed by atoms with Crippen LogP contribution < -0.4 is 5.32 Å². The Kier molecular flexibility index (Phi) is 10.6. The van der Waals surface area contributed by atoms with Crippen molar-refractivity contribution in [1.82, 2.24) is 19.4 Å². The van der Waals surface area contributed by atoms with Gasteiger partial charge in [0.15, 0.2) is 36.3 Å². The highest BCUT2D eigenvalue weighted by Gasteiger charge is 2.46. The largest absolute Gasteiger partial charge is 0.387 e. The molecular formula is C36H43ClF2N8O5+2. The number of carbonyl (C=O) groups excluding carboxylic acids is 3.